The molecule has 19 heavy (non-hydrogen) atoms. The fraction of sp³-hybridized carbons (Fsp3) is 0.357. The molecule has 0 aliphatic rings. The number of aryl methyl sites for hydroxylation is 1. The Morgan fingerprint density at radius 3 is 2.74 bits per heavy atom. The van der Waals surface area contributed by atoms with Gasteiger partial charge in [-0.15, -0.1) is 0 Å². The van der Waals surface area contributed by atoms with Crippen molar-refractivity contribution in [2.45, 2.75) is 26.8 Å². The Hall–Kier alpha value is -2.17. The van der Waals surface area contributed by atoms with Crippen LogP contribution in [0.25, 0.3) is 0 Å². The van der Waals surface area contributed by atoms with E-state index in [0.29, 0.717) is 12.4 Å². The van der Waals surface area contributed by atoms with Crippen LogP contribution in [0.5, 0.6) is 0 Å². The standard InChI is InChI=1S/C14H19N5/c1-4-12-13(15)16-9-17-14(12)19(3)8-11-7-5-6-10(2)18-11/h5-7,9H,4,8H2,1-3H3,(H2,15,16,17). The Kier molecular flexibility index (Phi) is 3.94. The topological polar surface area (TPSA) is 67.9 Å². The minimum atomic E-state index is 0.552. The summed E-state index contributed by atoms with van der Waals surface area (Å²) in [6, 6.07) is 6.02. The Balaban J connectivity index is 2.25. The molecule has 0 aliphatic heterocycles. The highest BCUT2D eigenvalue weighted by Crippen LogP contribution is 2.21. The Labute approximate surface area is 113 Å². The van der Waals surface area contributed by atoms with Crippen LogP contribution in [0, 0.1) is 6.92 Å². The summed E-state index contributed by atoms with van der Waals surface area (Å²) in [4.78, 5) is 14.9. The van der Waals surface area contributed by atoms with Gasteiger partial charge in [0.2, 0.25) is 0 Å². The van der Waals surface area contributed by atoms with E-state index in [1.54, 1.807) is 0 Å². The number of nitrogens with two attached hydrogens (primary N) is 1. The molecule has 0 unspecified atom stereocenters. The highest BCUT2D eigenvalue weighted by Gasteiger charge is 2.12. The molecule has 0 saturated heterocycles. The van der Waals surface area contributed by atoms with Crippen molar-refractivity contribution >= 4 is 11.6 Å². The second-order valence-electron chi connectivity index (χ2n) is 4.54. The van der Waals surface area contributed by atoms with Gasteiger partial charge in [-0.1, -0.05) is 13.0 Å². The Morgan fingerprint density at radius 2 is 2.05 bits per heavy atom. The van der Waals surface area contributed by atoms with Crippen LogP contribution in [0.2, 0.25) is 0 Å². The Morgan fingerprint density at radius 1 is 1.26 bits per heavy atom. The second-order valence-corrected chi connectivity index (χ2v) is 4.54. The molecule has 2 heterocycles. The number of pyridine rings is 1. The zero-order valence-electron chi connectivity index (χ0n) is 11.6. The van der Waals surface area contributed by atoms with Crippen molar-refractivity contribution in [3.05, 3.63) is 41.5 Å². The van der Waals surface area contributed by atoms with Crippen LogP contribution in [0.4, 0.5) is 11.6 Å². The molecule has 2 rings (SSSR count). The lowest BCUT2D eigenvalue weighted by molar-refractivity contribution is 0.842. The first kappa shape index (κ1) is 13.3. The molecule has 2 N–H and O–H groups in total. The molecule has 0 aliphatic carbocycles. The van der Waals surface area contributed by atoms with Crippen molar-refractivity contribution in [3.63, 3.8) is 0 Å². The third kappa shape index (κ3) is 2.99. The summed E-state index contributed by atoms with van der Waals surface area (Å²) in [6.07, 6.45) is 2.32. The first-order chi connectivity index (χ1) is 9.11. The van der Waals surface area contributed by atoms with Crippen molar-refractivity contribution in [2.24, 2.45) is 0 Å². The van der Waals surface area contributed by atoms with Crippen molar-refractivity contribution in [1.29, 1.82) is 0 Å². The van der Waals surface area contributed by atoms with Gasteiger partial charge in [0.25, 0.3) is 0 Å². The van der Waals surface area contributed by atoms with Crippen molar-refractivity contribution < 1.29 is 0 Å². The number of rotatable bonds is 4. The van der Waals surface area contributed by atoms with E-state index < -0.39 is 0 Å². The molecule has 0 fully saturated rings. The minimum absolute atomic E-state index is 0.552. The molecular weight excluding hydrogens is 238 g/mol. The molecule has 0 aromatic carbocycles. The zero-order valence-corrected chi connectivity index (χ0v) is 11.6. The predicted octanol–water partition coefficient (Wildman–Crippen LogP) is 1.96. The molecule has 0 amide bonds. The summed E-state index contributed by atoms with van der Waals surface area (Å²) in [5, 5.41) is 0. The molecule has 0 bridgehead atoms. The summed E-state index contributed by atoms with van der Waals surface area (Å²) in [5.41, 5.74) is 8.91. The van der Waals surface area contributed by atoms with Gasteiger partial charge in [0.15, 0.2) is 0 Å². The van der Waals surface area contributed by atoms with Crippen LogP contribution < -0.4 is 10.6 Å². The van der Waals surface area contributed by atoms with E-state index in [4.69, 9.17) is 5.73 Å². The Bertz CT molecular complexity index is 568. The van der Waals surface area contributed by atoms with Crippen LogP contribution >= 0.6 is 0 Å². The summed E-state index contributed by atoms with van der Waals surface area (Å²) in [7, 11) is 1.99. The minimum Gasteiger partial charge on any atom is -0.383 e. The van der Waals surface area contributed by atoms with E-state index in [9.17, 15) is 0 Å². The van der Waals surface area contributed by atoms with Crippen molar-refractivity contribution in [1.82, 2.24) is 15.0 Å². The van der Waals surface area contributed by atoms with Crippen LogP contribution in [0.15, 0.2) is 24.5 Å². The number of anilines is 2. The quantitative estimate of drug-likeness (QED) is 0.906. The van der Waals surface area contributed by atoms with E-state index in [0.717, 1.165) is 29.2 Å². The average Bonchev–Trinajstić information content (AvgIpc) is 2.38. The number of hydrogen-bond donors (Lipinski definition) is 1. The maximum atomic E-state index is 5.89. The maximum absolute atomic E-state index is 5.89. The van der Waals surface area contributed by atoms with Gasteiger partial charge in [-0.2, -0.15) is 0 Å². The normalized spacial score (nSPS) is 10.5. The van der Waals surface area contributed by atoms with Gasteiger partial charge in [-0.3, -0.25) is 4.98 Å². The zero-order chi connectivity index (χ0) is 13.8. The number of aromatic nitrogens is 3. The lowest BCUT2D eigenvalue weighted by atomic mass is 10.2. The van der Waals surface area contributed by atoms with Crippen molar-refractivity contribution in [3.8, 4) is 0 Å². The molecule has 0 spiro atoms. The molecule has 0 atom stereocenters. The summed E-state index contributed by atoms with van der Waals surface area (Å²) in [6.45, 7) is 4.74. The van der Waals surface area contributed by atoms with Crippen LogP contribution in [-0.4, -0.2) is 22.0 Å². The largest absolute Gasteiger partial charge is 0.383 e. The third-order valence-electron chi connectivity index (χ3n) is 3.02. The van der Waals surface area contributed by atoms with Gasteiger partial charge in [-0.25, -0.2) is 9.97 Å². The van der Waals surface area contributed by atoms with Gasteiger partial charge >= 0.3 is 0 Å². The highest BCUT2D eigenvalue weighted by atomic mass is 15.2. The molecule has 5 nitrogen and oxygen atoms in total. The van der Waals surface area contributed by atoms with Crippen LogP contribution in [0.3, 0.4) is 0 Å². The smallest absolute Gasteiger partial charge is 0.137 e. The van der Waals surface area contributed by atoms with E-state index in [1.807, 2.05) is 32.2 Å². The third-order valence-corrected chi connectivity index (χ3v) is 3.02. The lowest BCUT2D eigenvalue weighted by Crippen LogP contribution is -2.21. The SMILES string of the molecule is CCc1c(N)ncnc1N(C)Cc1cccc(C)n1. The van der Waals surface area contributed by atoms with E-state index in [1.165, 1.54) is 6.33 Å². The number of nitrogen functional groups attached to an aromatic ring is 1. The van der Waals surface area contributed by atoms with E-state index in [2.05, 4.69) is 26.8 Å². The average molecular weight is 257 g/mol. The summed E-state index contributed by atoms with van der Waals surface area (Å²) in [5.74, 6) is 1.43. The van der Waals surface area contributed by atoms with Gasteiger partial charge < -0.3 is 10.6 Å². The second kappa shape index (κ2) is 5.65. The maximum Gasteiger partial charge on any atom is 0.137 e. The predicted molar refractivity (Wildman–Crippen MR) is 76.9 cm³/mol. The molecule has 0 saturated carbocycles. The molecule has 2 aromatic heterocycles. The van der Waals surface area contributed by atoms with Crippen LogP contribution in [0.1, 0.15) is 23.9 Å². The lowest BCUT2D eigenvalue weighted by Gasteiger charge is -2.21. The van der Waals surface area contributed by atoms with Gasteiger partial charge in [-0.05, 0) is 25.5 Å². The summed E-state index contributed by atoms with van der Waals surface area (Å²) < 4.78 is 0. The number of hydrogen-bond acceptors (Lipinski definition) is 5. The fourth-order valence-electron chi connectivity index (χ4n) is 2.09. The fourth-order valence-corrected chi connectivity index (χ4v) is 2.09. The van der Waals surface area contributed by atoms with Gasteiger partial charge in [0, 0.05) is 18.3 Å². The first-order valence-electron chi connectivity index (χ1n) is 6.34. The highest BCUT2D eigenvalue weighted by molar-refractivity contribution is 5.56. The van der Waals surface area contributed by atoms with Crippen molar-refractivity contribution in [2.75, 3.05) is 17.7 Å². The molecule has 5 heteroatoms. The number of nitrogens with zero attached hydrogens (tertiary/aromatic N) is 4. The first-order valence-corrected chi connectivity index (χ1v) is 6.34. The molecular formula is C14H19N5. The molecule has 100 valence electrons. The molecule has 0 radical (unpaired) electrons. The molecule has 2 aromatic rings. The van der Waals surface area contributed by atoms with Gasteiger partial charge in [0.05, 0.1) is 12.2 Å². The van der Waals surface area contributed by atoms with Gasteiger partial charge in [0.1, 0.15) is 18.0 Å². The summed E-state index contributed by atoms with van der Waals surface area (Å²) >= 11 is 0. The van der Waals surface area contributed by atoms with Crippen LogP contribution in [-0.2, 0) is 13.0 Å². The van der Waals surface area contributed by atoms with E-state index in [-0.39, 0.29) is 0 Å². The van der Waals surface area contributed by atoms with E-state index >= 15 is 0 Å². The monoisotopic (exact) mass is 257 g/mol.